The molecule has 14 heavy (non-hydrogen) atoms. The van der Waals surface area contributed by atoms with Crippen molar-refractivity contribution in [3.05, 3.63) is 12.2 Å². The fraction of sp³-hybridized carbons (Fsp3) is 0.727. The third kappa shape index (κ3) is 9.26. The van der Waals surface area contributed by atoms with E-state index >= 15 is 0 Å². The zero-order valence-corrected chi connectivity index (χ0v) is 9.75. The Morgan fingerprint density at radius 1 is 1.29 bits per heavy atom. The average molecular weight is 200 g/mol. The van der Waals surface area contributed by atoms with E-state index in [1.807, 2.05) is 27.2 Å². The molecule has 0 amide bonds. The van der Waals surface area contributed by atoms with Crippen molar-refractivity contribution in [1.29, 1.82) is 0 Å². The molecule has 0 saturated carbocycles. The van der Waals surface area contributed by atoms with Gasteiger partial charge in [0.05, 0.1) is 27.7 Å². The molecule has 0 saturated heterocycles. The van der Waals surface area contributed by atoms with Gasteiger partial charge in [0.25, 0.3) is 0 Å². The van der Waals surface area contributed by atoms with E-state index in [0.29, 0.717) is 17.6 Å². The first-order valence-corrected chi connectivity index (χ1v) is 5.07. The molecule has 0 bridgehead atoms. The van der Waals surface area contributed by atoms with E-state index in [-0.39, 0.29) is 5.97 Å². The summed E-state index contributed by atoms with van der Waals surface area (Å²) in [4.78, 5) is 11.2. The quantitative estimate of drug-likeness (QED) is 0.282. The zero-order valence-electron chi connectivity index (χ0n) is 9.75. The third-order valence-electron chi connectivity index (χ3n) is 1.55. The number of quaternary nitrogens is 1. The Kier molecular flexibility index (Phi) is 6.21. The molecule has 0 unspecified atom stereocenters. The van der Waals surface area contributed by atoms with Crippen molar-refractivity contribution in [2.24, 2.45) is 0 Å². The van der Waals surface area contributed by atoms with E-state index in [0.717, 1.165) is 12.8 Å². The van der Waals surface area contributed by atoms with Crippen LogP contribution in [0.5, 0.6) is 0 Å². The van der Waals surface area contributed by atoms with Gasteiger partial charge < -0.3 is 9.22 Å². The lowest BCUT2D eigenvalue weighted by atomic mass is 10.3. The molecule has 0 N–H and O–H groups in total. The summed E-state index contributed by atoms with van der Waals surface area (Å²) in [5.41, 5.74) is 0. The van der Waals surface area contributed by atoms with Crippen LogP contribution >= 0.6 is 0 Å². The molecular formula is C11H22NO2+. The highest BCUT2D eigenvalue weighted by Crippen LogP contribution is 1.93. The third-order valence-corrected chi connectivity index (χ3v) is 1.55. The Morgan fingerprint density at radius 3 is 2.43 bits per heavy atom. The fourth-order valence-electron chi connectivity index (χ4n) is 0.958. The minimum atomic E-state index is -0.123. The highest BCUT2D eigenvalue weighted by molar-refractivity contribution is 5.70. The van der Waals surface area contributed by atoms with Crippen LogP contribution in [0, 0.1) is 0 Å². The van der Waals surface area contributed by atoms with Crippen molar-refractivity contribution >= 4 is 5.97 Å². The van der Waals surface area contributed by atoms with Crippen LogP contribution in [0.3, 0.4) is 0 Å². The summed E-state index contributed by atoms with van der Waals surface area (Å²) in [6.07, 6.45) is 5.97. The topological polar surface area (TPSA) is 26.3 Å². The molecule has 0 rings (SSSR count). The first-order valence-electron chi connectivity index (χ1n) is 5.07. The second kappa shape index (κ2) is 6.60. The number of hydrogen-bond acceptors (Lipinski definition) is 2. The van der Waals surface area contributed by atoms with E-state index in [4.69, 9.17) is 4.74 Å². The molecule has 0 aliphatic rings. The van der Waals surface area contributed by atoms with Crippen molar-refractivity contribution in [3.63, 3.8) is 0 Å². The lowest BCUT2D eigenvalue weighted by Crippen LogP contribution is -2.40. The zero-order chi connectivity index (χ0) is 11.0. The van der Waals surface area contributed by atoms with Crippen LogP contribution in [0.15, 0.2) is 12.2 Å². The first-order chi connectivity index (χ1) is 6.45. The average Bonchev–Trinajstić information content (AvgIpc) is 2.00. The number of rotatable bonds is 6. The molecule has 0 aromatic carbocycles. The second-order valence-electron chi connectivity index (χ2n) is 4.34. The van der Waals surface area contributed by atoms with Crippen molar-refractivity contribution < 1.29 is 14.0 Å². The van der Waals surface area contributed by atoms with Gasteiger partial charge in [-0.05, 0) is 12.8 Å². The lowest BCUT2D eigenvalue weighted by Gasteiger charge is -2.22. The molecule has 0 aliphatic carbocycles. The molecule has 0 atom stereocenters. The Balaban J connectivity index is 3.50. The van der Waals surface area contributed by atoms with Crippen LogP contribution in [0.25, 0.3) is 0 Å². The molecule has 3 nitrogen and oxygen atoms in total. The minimum absolute atomic E-state index is 0.123. The Labute approximate surface area is 86.9 Å². The van der Waals surface area contributed by atoms with Gasteiger partial charge in [-0.3, -0.25) is 0 Å². The molecule has 82 valence electrons. The lowest BCUT2D eigenvalue weighted by molar-refractivity contribution is -0.862. The van der Waals surface area contributed by atoms with E-state index < -0.39 is 0 Å². The number of carbonyl (C=O) groups is 1. The predicted molar refractivity (Wildman–Crippen MR) is 57.9 cm³/mol. The number of carbonyl (C=O) groups excluding carboxylic acids is 1. The van der Waals surface area contributed by atoms with Gasteiger partial charge in [-0.15, -0.1) is 0 Å². The summed E-state index contributed by atoms with van der Waals surface area (Å²) in [6, 6.07) is 0. The fourth-order valence-corrected chi connectivity index (χ4v) is 0.958. The maximum absolute atomic E-state index is 11.2. The summed E-state index contributed by atoms with van der Waals surface area (Å²) in [5.74, 6) is -0.123. The second-order valence-corrected chi connectivity index (χ2v) is 4.34. The number of esters is 1. The Bertz CT molecular complexity index is 192. The molecule has 0 heterocycles. The van der Waals surface area contributed by atoms with Crippen molar-refractivity contribution in [1.82, 2.24) is 0 Å². The molecule has 0 spiro atoms. The van der Waals surface area contributed by atoms with Gasteiger partial charge in [0.15, 0.2) is 6.54 Å². The predicted octanol–water partition coefficient (Wildman–Crippen LogP) is 1.59. The largest absolute Gasteiger partial charge is 0.461 e. The van der Waals surface area contributed by atoms with E-state index in [1.54, 1.807) is 0 Å². The van der Waals surface area contributed by atoms with Gasteiger partial charge in [-0.2, -0.15) is 0 Å². The SMILES string of the molecule is CC/C=C/CCOC(=O)C[N+](C)(C)C. The van der Waals surface area contributed by atoms with Crippen LogP contribution in [-0.2, 0) is 9.53 Å². The van der Waals surface area contributed by atoms with Crippen LogP contribution in [0.1, 0.15) is 19.8 Å². The van der Waals surface area contributed by atoms with E-state index in [9.17, 15) is 4.79 Å². The summed E-state index contributed by atoms with van der Waals surface area (Å²) in [5, 5.41) is 0. The molecule has 0 fully saturated rings. The standard InChI is InChI=1S/C11H22NO2/c1-5-6-7-8-9-14-11(13)10-12(2,3)4/h6-7H,5,8-10H2,1-4H3/q+1/b7-6+. The number of hydrogen-bond donors (Lipinski definition) is 0. The monoisotopic (exact) mass is 200 g/mol. The van der Waals surface area contributed by atoms with Crippen LogP contribution in [-0.4, -0.2) is 44.7 Å². The van der Waals surface area contributed by atoms with Gasteiger partial charge in [0.2, 0.25) is 0 Å². The van der Waals surface area contributed by atoms with Gasteiger partial charge >= 0.3 is 5.97 Å². The van der Waals surface area contributed by atoms with E-state index in [2.05, 4.69) is 13.0 Å². The molecular weight excluding hydrogens is 178 g/mol. The van der Waals surface area contributed by atoms with Crippen LogP contribution < -0.4 is 0 Å². The summed E-state index contributed by atoms with van der Waals surface area (Å²) >= 11 is 0. The molecule has 0 radical (unpaired) electrons. The maximum atomic E-state index is 11.2. The Morgan fingerprint density at radius 2 is 1.93 bits per heavy atom. The molecule has 3 heteroatoms. The van der Waals surface area contributed by atoms with Gasteiger partial charge in [-0.1, -0.05) is 19.1 Å². The summed E-state index contributed by atoms with van der Waals surface area (Å²) in [6.45, 7) is 3.01. The van der Waals surface area contributed by atoms with Gasteiger partial charge in [0.1, 0.15) is 0 Å². The van der Waals surface area contributed by atoms with Crippen molar-refractivity contribution in [2.75, 3.05) is 34.3 Å². The molecule has 0 aliphatic heterocycles. The number of allylic oxidation sites excluding steroid dienone is 1. The van der Waals surface area contributed by atoms with Gasteiger partial charge in [0, 0.05) is 0 Å². The number of likely N-dealkylation sites (N-methyl/N-ethyl adjacent to an activating group) is 1. The van der Waals surface area contributed by atoms with Crippen LogP contribution in [0.2, 0.25) is 0 Å². The van der Waals surface area contributed by atoms with Crippen molar-refractivity contribution in [2.45, 2.75) is 19.8 Å². The van der Waals surface area contributed by atoms with Crippen molar-refractivity contribution in [3.8, 4) is 0 Å². The van der Waals surface area contributed by atoms with E-state index in [1.165, 1.54) is 0 Å². The highest BCUT2D eigenvalue weighted by atomic mass is 16.5. The summed E-state index contributed by atoms with van der Waals surface area (Å²) in [7, 11) is 5.91. The minimum Gasteiger partial charge on any atom is -0.461 e. The highest BCUT2D eigenvalue weighted by Gasteiger charge is 2.14. The number of nitrogens with zero attached hydrogens (tertiary/aromatic N) is 1. The number of ether oxygens (including phenoxy) is 1. The first kappa shape index (κ1) is 13.2. The van der Waals surface area contributed by atoms with Crippen LogP contribution in [0.4, 0.5) is 0 Å². The molecule has 0 aromatic heterocycles. The smallest absolute Gasteiger partial charge is 0.361 e. The summed E-state index contributed by atoms with van der Waals surface area (Å²) < 4.78 is 5.67. The molecule has 0 aromatic rings. The Hall–Kier alpha value is -0.830. The normalized spacial score (nSPS) is 12.0. The van der Waals surface area contributed by atoms with Gasteiger partial charge in [-0.25, -0.2) is 4.79 Å². The maximum Gasteiger partial charge on any atom is 0.361 e.